The van der Waals surface area contributed by atoms with E-state index in [1.165, 1.54) is 6.92 Å². The van der Waals surface area contributed by atoms with Crippen LogP contribution in [0.4, 0.5) is 8.78 Å². The average Bonchev–Trinajstić information content (AvgIpc) is 2.11. The number of carboxylic acid groups (broad SMARTS) is 1. The Bertz CT molecular complexity index is 283. The molecule has 0 aromatic heterocycles. The summed E-state index contributed by atoms with van der Waals surface area (Å²) in [6.07, 6.45) is -0.883. The Labute approximate surface area is 151 Å². The van der Waals surface area contributed by atoms with E-state index in [4.69, 9.17) is 0 Å². The van der Waals surface area contributed by atoms with Crippen molar-refractivity contribution >= 4 is 11.9 Å². The topological polar surface area (TPSA) is 66.4 Å². The maximum absolute atomic E-state index is 12.8. The second-order valence-electron chi connectivity index (χ2n) is 3.98. The van der Waals surface area contributed by atoms with Crippen LogP contribution in [0.2, 0.25) is 0 Å². The minimum absolute atomic E-state index is 0. The van der Waals surface area contributed by atoms with Crippen LogP contribution in [-0.4, -0.2) is 23.5 Å². The molecule has 1 aliphatic rings. The zero-order valence-corrected chi connectivity index (χ0v) is 15.5. The Balaban J connectivity index is 0.00000225. The molecule has 1 fully saturated rings. The van der Waals surface area contributed by atoms with Crippen molar-refractivity contribution in [1.82, 2.24) is 0 Å². The zero-order valence-electron chi connectivity index (χ0n) is 9.22. The van der Waals surface area contributed by atoms with Crippen molar-refractivity contribution in [2.75, 3.05) is 0 Å². The van der Waals surface area contributed by atoms with E-state index in [0.29, 0.717) is 0 Å². The number of rotatable bonds is 1. The molecular formula is C9H11CsF2O4. The Hall–Kier alpha value is 0.852. The van der Waals surface area contributed by atoms with E-state index < -0.39 is 36.3 Å². The van der Waals surface area contributed by atoms with E-state index in [9.17, 15) is 23.5 Å². The summed E-state index contributed by atoms with van der Waals surface area (Å²) < 4.78 is 30.1. The summed E-state index contributed by atoms with van der Waals surface area (Å²) in [6, 6.07) is 0. The molecule has 7 heteroatoms. The van der Waals surface area contributed by atoms with Crippen LogP contribution in [0.1, 0.15) is 32.6 Å². The van der Waals surface area contributed by atoms with E-state index in [1.807, 2.05) is 0 Å². The molecule has 4 nitrogen and oxygen atoms in total. The fourth-order valence-corrected chi connectivity index (χ4v) is 1.51. The largest absolute Gasteiger partial charge is 1.00 e. The van der Waals surface area contributed by atoms with Gasteiger partial charge in [0.1, 0.15) is 5.60 Å². The molecule has 16 heavy (non-hydrogen) atoms. The zero-order chi connectivity index (χ0) is 11.7. The molecule has 0 aromatic rings. The first-order valence-electron chi connectivity index (χ1n) is 4.56. The van der Waals surface area contributed by atoms with E-state index in [1.54, 1.807) is 0 Å². The molecule has 0 spiro atoms. The molecule has 0 heterocycles. The first-order valence-corrected chi connectivity index (χ1v) is 4.56. The molecule has 0 bridgehead atoms. The minimum Gasteiger partial charge on any atom is -0.539 e. The SMILES string of the molecule is CC1(OC(=O)C(=O)[O-])CCC(F)(F)CC1.[Cs+]. The third-order valence-electron chi connectivity index (χ3n) is 2.54. The quantitative estimate of drug-likeness (QED) is 0.379. The number of hydrogen-bond acceptors (Lipinski definition) is 4. The summed E-state index contributed by atoms with van der Waals surface area (Å²) in [6.45, 7) is 1.45. The van der Waals surface area contributed by atoms with E-state index in [2.05, 4.69) is 4.74 Å². The van der Waals surface area contributed by atoms with Crippen LogP contribution in [0.25, 0.3) is 0 Å². The van der Waals surface area contributed by atoms with E-state index in [-0.39, 0.29) is 81.7 Å². The van der Waals surface area contributed by atoms with Gasteiger partial charge in [-0.25, -0.2) is 13.6 Å². The number of hydrogen-bond donors (Lipinski definition) is 0. The van der Waals surface area contributed by atoms with Gasteiger partial charge in [-0.1, -0.05) is 0 Å². The number of carboxylic acids is 1. The third kappa shape index (κ3) is 5.01. The van der Waals surface area contributed by atoms with Gasteiger partial charge in [0.15, 0.2) is 5.97 Å². The van der Waals surface area contributed by atoms with Crippen molar-refractivity contribution in [2.45, 2.75) is 44.1 Å². The standard InChI is InChI=1S/C9H12F2O4.Cs/c1-8(15-7(14)6(12)13)2-4-9(10,11)5-3-8;/h2-5H2,1H3,(H,12,13);/q;+1/p-1. The monoisotopic (exact) mass is 354 g/mol. The van der Waals surface area contributed by atoms with Crippen LogP contribution in [0.3, 0.4) is 0 Å². The molecule has 1 aliphatic carbocycles. The molecule has 0 radical (unpaired) electrons. The van der Waals surface area contributed by atoms with Crippen LogP contribution in [0, 0.1) is 0 Å². The molecule has 0 amide bonds. The van der Waals surface area contributed by atoms with Crippen molar-refractivity contribution in [3.63, 3.8) is 0 Å². The summed E-state index contributed by atoms with van der Waals surface area (Å²) in [5, 5.41) is 10.1. The normalized spacial score (nSPS) is 21.7. The first kappa shape index (κ1) is 16.9. The summed E-state index contributed by atoms with van der Waals surface area (Å²) >= 11 is 0. The number of carbonyl (C=O) groups is 2. The van der Waals surface area contributed by atoms with Gasteiger partial charge < -0.3 is 14.6 Å². The molecule has 1 saturated carbocycles. The van der Waals surface area contributed by atoms with Crippen molar-refractivity contribution in [3.05, 3.63) is 0 Å². The molecule has 0 aliphatic heterocycles. The van der Waals surface area contributed by atoms with E-state index >= 15 is 0 Å². The van der Waals surface area contributed by atoms with Gasteiger partial charge in [0.05, 0.1) is 0 Å². The van der Waals surface area contributed by atoms with Crippen molar-refractivity contribution < 1.29 is 97.1 Å². The van der Waals surface area contributed by atoms with Crippen molar-refractivity contribution in [3.8, 4) is 0 Å². The number of aliphatic carboxylic acids is 1. The molecule has 0 N–H and O–H groups in total. The summed E-state index contributed by atoms with van der Waals surface area (Å²) in [7, 11) is 0. The Morgan fingerprint density at radius 1 is 1.19 bits per heavy atom. The number of esters is 1. The molecule has 0 unspecified atom stereocenters. The van der Waals surface area contributed by atoms with Crippen LogP contribution in [0.15, 0.2) is 0 Å². The van der Waals surface area contributed by atoms with Gasteiger partial charge in [0.2, 0.25) is 5.92 Å². The van der Waals surface area contributed by atoms with Crippen LogP contribution in [0.5, 0.6) is 0 Å². The average molecular weight is 354 g/mol. The fraction of sp³-hybridized carbons (Fsp3) is 0.778. The van der Waals surface area contributed by atoms with Gasteiger partial charge in [0, 0.05) is 12.8 Å². The van der Waals surface area contributed by atoms with Gasteiger partial charge >= 0.3 is 74.9 Å². The molecular weight excluding hydrogens is 343 g/mol. The van der Waals surface area contributed by atoms with Crippen LogP contribution >= 0.6 is 0 Å². The second kappa shape index (κ2) is 6.15. The van der Waals surface area contributed by atoms with Crippen LogP contribution in [-0.2, 0) is 14.3 Å². The maximum atomic E-state index is 12.8. The van der Waals surface area contributed by atoms with Crippen molar-refractivity contribution in [2.24, 2.45) is 0 Å². The molecule has 1 rings (SSSR count). The fourth-order valence-electron chi connectivity index (χ4n) is 1.51. The van der Waals surface area contributed by atoms with Crippen LogP contribution < -0.4 is 74.0 Å². The number of ether oxygens (including phenoxy) is 1. The summed E-state index contributed by atoms with van der Waals surface area (Å²) in [4.78, 5) is 20.8. The minimum atomic E-state index is -2.74. The molecule has 86 valence electrons. The number of halogens is 2. The van der Waals surface area contributed by atoms with Gasteiger partial charge in [-0.2, -0.15) is 0 Å². The Kier molecular flexibility index (Phi) is 6.47. The first-order chi connectivity index (χ1) is 6.74. The Morgan fingerprint density at radius 3 is 2.00 bits per heavy atom. The third-order valence-corrected chi connectivity index (χ3v) is 2.54. The Morgan fingerprint density at radius 2 is 1.62 bits per heavy atom. The second-order valence-corrected chi connectivity index (χ2v) is 3.98. The maximum Gasteiger partial charge on any atom is 1.00 e. The number of alkyl halides is 2. The predicted octanol–water partition coefficient (Wildman–Crippen LogP) is -2.75. The number of carbonyl (C=O) groups excluding carboxylic acids is 2. The van der Waals surface area contributed by atoms with Gasteiger partial charge in [-0.05, 0) is 19.8 Å². The predicted molar refractivity (Wildman–Crippen MR) is 42.9 cm³/mol. The van der Waals surface area contributed by atoms with E-state index in [0.717, 1.165) is 0 Å². The summed E-state index contributed by atoms with van der Waals surface area (Å²) in [5.41, 5.74) is -1.11. The van der Waals surface area contributed by atoms with Gasteiger partial charge in [-0.3, -0.25) is 0 Å². The van der Waals surface area contributed by atoms with Gasteiger partial charge in [-0.15, -0.1) is 0 Å². The smallest absolute Gasteiger partial charge is 0.539 e. The molecule has 0 aromatic carbocycles. The molecule has 0 atom stereocenters. The van der Waals surface area contributed by atoms with Gasteiger partial charge in [0.25, 0.3) is 0 Å². The van der Waals surface area contributed by atoms with Crippen molar-refractivity contribution in [1.29, 1.82) is 0 Å². The molecule has 0 saturated heterocycles. The summed E-state index contributed by atoms with van der Waals surface area (Å²) in [5.74, 6) is -6.19.